The fourth-order valence-corrected chi connectivity index (χ4v) is 3.27. The van der Waals surface area contributed by atoms with Crippen molar-refractivity contribution >= 4 is 11.7 Å². The predicted octanol–water partition coefficient (Wildman–Crippen LogP) is 6.14. The summed E-state index contributed by atoms with van der Waals surface area (Å²) in [6.45, 7) is 3.84. The number of esters is 1. The smallest absolute Gasteiger partial charge is 0.306 e. The Morgan fingerprint density at radius 2 is 1.48 bits per heavy atom. The van der Waals surface area contributed by atoms with E-state index in [-0.39, 0.29) is 23.0 Å². The lowest BCUT2D eigenvalue weighted by Gasteiger charge is -2.16. The molecular formula is C22H35NO6. The van der Waals surface area contributed by atoms with Crippen LogP contribution in [0.1, 0.15) is 89.7 Å². The first-order valence-corrected chi connectivity index (χ1v) is 10.5. The first-order chi connectivity index (χ1) is 13.9. The number of carbonyl (C=O) groups is 1. The van der Waals surface area contributed by atoms with Crippen molar-refractivity contribution in [1.29, 1.82) is 0 Å². The van der Waals surface area contributed by atoms with Gasteiger partial charge < -0.3 is 14.2 Å². The Morgan fingerprint density at radius 3 is 2.00 bits per heavy atom. The molecule has 7 nitrogen and oxygen atoms in total. The summed E-state index contributed by atoms with van der Waals surface area (Å²) in [6.07, 6.45) is 10.1. The number of methoxy groups -OCH3 is 2. The van der Waals surface area contributed by atoms with Crippen molar-refractivity contribution < 1.29 is 23.9 Å². The van der Waals surface area contributed by atoms with Gasteiger partial charge in [0.15, 0.2) is 11.5 Å². The van der Waals surface area contributed by atoms with Crippen LogP contribution in [0.5, 0.6) is 11.5 Å². The van der Waals surface area contributed by atoms with E-state index in [2.05, 4.69) is 6.92 Å². The molecule has 0 amide bonds. The van der Waals surface area contributed by atoms with E-state index in [4.69, 9.17) is 14.2 Å². The van der Waals surface area contributed by atoms with E-state index >= 15 is 0 Å². The maximum Gasteiger partial charge on any atom is 0.306 e. The molecule has 29 heavy (non-hydrogen) atoms. The Morgan fingerprint density at radius 1 is 0.966 bits per heavy atom. The lowest BCUT2D eigenvalue weighted by atomic mass is 10.1. The zero-order chi connectivity index (χ0) is 21.6. The Labute approximate surface area is 173 Å². The third-order valence-corrected chi connectivity index (χ3v) is 4.96. The second-order valence-electron chi connectivity index (χ2n) is 7.23. The zero-order valence-electron chi connectivity index (χ0n) is 18.2. The topological polar surface area (TPSA) is 87.9 Å². The van der Waals surface area contributed by atoms with Gasteiger partial charge in [-0.05, 0) is 19.4 Å². The van der Waals surface area contributed by atoms with Gasteiger partial charge in [0.2, 0.25) is 0 Å². The van der Waals surface area contributed by atoms with Gasteiger partial charge >= 0.3 is 5.97 Å². The van der Waals surface area contributed by atoms with Gasteiger partial charge in [0.1, 0.15) is 6.10 Å². The Hall–Kier alpha value is -2.31. The summed E-state index contributed by atoms with van der Waals surface area (Å²) in [7, 11) is 2.86. The average molecular weight is 410 g/mol. The van der Waals surface area contributed by atoms with Crippen LogP contribution in [0.25, 0.3) is 0 Å². The molecule has 1 aromatic carbocycles. The molecule has 1 atom stereocenters. The summed E-state index contributed by atoms with van der Waals surface area (Å²) in [4.78, 5) is 23.0. The van der Waals surface area contributed by atoms with Gasteiger partial charge in [-0.2, -0.15) is 0 Å². The Kier molecular flexibility index (Phi) is 11.8. The van der Waals surface area contributed by atoms with Crippen LogP contribution in [0, 0.1) is 10.1 Å². The lowest BCUT2D eigenvalue weighted by Crippen LogP contribution is -2.11. The number of hydrogen-bond acceptors (Lipinski definition) is 6. The minimum absolute atomic E-state index is 0.161. The summed E-state index contributed by atoms with van der Waals surface area (Å²) in [5.74, 6) is 0.274. The van der Waals surface area contributed by atoms with Crippen LogP contribution in [0.15, 0.2) is 12.1 Å². The minimum atomic E-state index is -0.749. The van der Waals surface area contributed by atoms with Gasteiger partial charge in [0.25, 0.3) is 5.69 Å². The fraction of sp³-hybridized carbons (Fsp3) is 0.682. The first-order valence-electron chi connectivity index (χ1n) is 10.5. The summed E-state index contributed by atoms with van der Waals surface area (Å²) in [5, 5.41) is 11.4. The number of carbonyl (C=O) groups excluding carboxylic acids is 1. The van der Waals surface area contributed by atoms with Crippen molar-refractivity contribution in [2.75, 3.05) is 14.2 Å². The lowest BCUT2D eigenvalue weighted by molar-refractivity contribution is -0.386. The molecule has 0 spiro atoms. The van der Waals surface area contributed by atoms with Crippen molar-refractivity contribution in [2.45, 2.75) is 84.2 Å². The SMILES string of the molecule is CCCCCCCCCCCC(=O)OC(C)c1cc(OC)c(OC)cc1[N+](=O)[O-]. The first kappa shape index (κ1) is 24.7. The van der Waals surface area contributed by atoms with Gasteiger partial charge in [-0.1, -0.05) is 58.3 Å². The van der Waals surface area contributed by atoms with E-state index in [0.29, 0.717) is 12.2 Å². The highest BCUT2D eigenvalue weighted by molar-refractivity contribution is 5.70. The molecule has 1 rings (SSSR count). The average Bonchev–Trinajstić information content (AvgIpc) is 2.71. The molecule has 1 unspecified atom stereocenters. The number of unbranched alkanes of at least 4 members (excludes halogenated alkanes) is 8. The van der Waals surface area contributed by atoms with E-state index in [9.17, 15) is 14.9 Å². The summed E-state index contributed by atoms with van der Waals surface area (Å²) in [6, 6.07) is 2.78. The van der Waals surface area contributed by atoms with Gasteiger partial charge in [0, 0.05) is 6.42 Å². The fourth-order valence-electron chi connectivity index (χ4n) is 3.27. The normalized spacial score (nSPS) is 11.7. The van der Waals surface area contributed by atoms with E-state index < -0.39 is 11.0 Å². The van der Waals surface area contributed by atoms with Gasteiger partial charge in [-0.25, -0.2) is 0 Å². The van der Waals surface area contributed by atoms with E-state index in [1.807, 2.05) is 0 Å². The predicted molar refractivity (Wildman–Crippen MR) is 113 cm³/mol. The number of benzene rings is 1. The molecule has 0 saturated heterocycles. The molecule has 0 aromatic heterocycles. The molecule has 0 aliphatic rings. The third-order valence-electron chi connectivity index (χ3n) is 4.96. The number of rotatable bonds is 15. The Bertz CT molecular complexity index is 646. The van der Waals surface area contributed by atoms with Gasteiger partial charge in [-0.3, -0.25) is 14.9 Å². The molecule has 0 bridgehead atoms. The molecular weight excluding hydrogens is 374 g/mol. The van der Waals surface area contributed by atoms with Crippen molar-refractivity contribution in [2.24, 2.45) is 0 Å². The van der Waals surface area contributed by atoms with Crippen molar-refractivity contribution in [1.82, 2.24) is 0 Å². The molecule has 0 heterocycles. The number of nitrogens with zero attached hydrogens (tertiary/aromatic N) is 1. The van der Waals surface area contributed by atoms with Crippen LogP contribution in [-0.2, 0) is 9.53 Å². The number of hydrogen-bond donors (Lipinski definition) is 0. The zero-order valence-corrected chi connectivity index (χ0v) is 18.2. The van der Waals surface area contributed by atoms with Crippen molar-refractivity contribution in [3.8, 4) is 11.5 Å². The number of nitro groups is 1. The highest BCUT2D eigenvalue weighted by Gasteiger charge is 2.25. The molecule has 0 saturated carbocycles. The summed E-state index contributed by atoms with van der Waals surface area (Å²) in [5.41, 5.74) is 0.124. The molecule has 0 radical (unpaired) electrons. The third kappa shape index (κ3) is 8.71. The second kappa shape index (κ2) is 13.8. The van der Waals surface area contributed by atoms with Gasteiger partial charge in [0.05, 0.1) is 30.8 Å². The molecule has 0 N–H and O–H groups in total. The van der Waals surface area contributed by atoms with Crippen LogP contribution in [0.3, 0.4) is 0 Å². The standard InChI is InChI=1S/C22H35NO6/c1-5-6-7-8-9-10-11-12-13-14-22(24)29-17(2)18-15-20(27-3)21(28-4)16-19(18)23(25)26/h15-17H,5-14H2,1-4H3. The molecule has 0 fully saturated rings. The van der Waals surface area contributed by atoms with E-state index in [0.717, 1.165) is 19.3 Å². The van der Waals surface area contributed by atoms with Crippen molar-refractivity contribution in [3.05, 3.63) is 27.8 Å². The van der Waals surface area contributed by atoms with E-state index in [1.54, 1.807) is 6.92 Å². The van der Waals surface area contributed by atoms with Crippen LogP contribution in [0.4, 0.5) is 5.69 Å². The minimum Gasteiger partial charge on any atom is -0.493 e. The summed E-state index contributed by atoms with van der Waals surface area (Å²) >= 11 is 0. The quantitative estimate of drug-likeness (QED) is 0.150. The molecule has 0 aliphatic heterocycles. The van der Waals surface area contributed by atoms with Gasteiger partial charge in [-0.15, -0.1) is 0 Å². The highest BCUT2D eigenvalue weighted by atomic mass is 16.6. The molecule has 7 heteroatoms. The largest absolute Gasteiger partial charge is 0.493 e. The maximum absolute atomic E-state index is 12.1. The molecule has 1 aromatic rings. The van der Waals surface area contributed by atoms with Crippen molar-refractivity contribution in [3.63, 3.8) is 0 Å². The molecule has 0 aliphatic carbocycles. The van der Waals surface area contributed by atoms with Crippen LogP contribution in [0.2, 0.25) is 0 Å². The molecule has 164 valence electrons. The number of nitro benzene ring substituents is 1. The van der Waals surface area contributed by atoms with Crippen LogP contribution >= 0.6 is 0 Å². The second-order valence-corrected chi connectivity index (χ2v) is 7.23. The van der Waals surface area contributed by atoms with Crippen LogP contribution < -0.4 is 9.47 Å². The number of ether oxygens (including phenoxy) is 3. The summed E-state index contributed by atoms with van der Waals surface area (Å²) < 4.78 is 15.8. The Balaban J connectivity index is 2.49. The van der Waals surface area contributed by atoms with Crippen LogP contribution in [-0.4, -0.2) is 25.1 Å². The maximum atomic E-state index is 12.1. The highest BCUT2D eigenvalue weighted by Crippen LogP contribution is 2.38. The monoisotopic (exact) mass is 409 g/mol. The van der Waals surface area contributed by atoms with E-state index in [1.165, 1.54) is 64.9 Å².